The van der Waals surface area contributed by atoms with E-state index in [0.717, 1.165) is 0 Å². The van der Waals surface area contributed by atoms with E-state index in [-0.39, 0.29) is 12.0 Å². The van der Waals surface area contributed by atoms with Crippen LogP contribution in [0, 0.1) is 5.92 Å². The summed E-state index contributed by atoms with van der Waals surface area (Å²) in [5.74, 6) is -1.51. The maximum absolute atomic E-state index is 11.6. The van der Waals surface area contributed by atoms with Crippen molar-refractivity contribution in [2.24, 2.45) is 13.0 Å². The van der Waals surface area contributed by atoms with Crippen LogP contribution in [0.2, 0.25) is 5.02 Å². The Hall–Kier alpha value is -1.29. The minimum Gasteiger partial charge on any atom is -0.481 e. The summed E-state index contributed by atoms with van der Waals surface area (Å²) in [5.41, 5.74) is 0.229. The number of aliphatic carboxylic acids is 1. The zero-order valence-electron chi connectivity index (χ0n) is 8.53. The van der Waals surface area contributed by atoms with Crippen LogP contribution in [-0.4, -0.2) is 15.6 Å². The topological polar surface area (TPSA) is 59.3 Å². The fourth-order valence-electron chi connectivity index (χ4n) is 1.30. The van der Waals surface area contributed by atoms with Crippen LogP contribution in [0.15, 0.2) is 17.1 Å². The van der Waals surface area contributed by atoms with Crippen molar-refractivity contribution in [2.45, 2.75) is 13.3 Å². The second kappa shape index (κ2) is 4.49. The molecule has 4 nitrogen and oxygen atoms in total. The summed E-state index contributed by atoms with van der Waals surface area (Å²) in [7, 11) is 1.59. The van der Waals surface area contributed by atoms with Gasteiger partial charge < -0.3 is 9.67 Å². The van der Waals surface area contributed by atoms with E-state index in [1.54, 1.807) is 14.0 Å². The van der Waals surface area contributed by atoms with E-state index < -0.39 is 11.9 Å². The van der Waals surface area contributed by atoms with Gasteiger partial charge in [-0.2, -0.15) is 0 Å². The van der Waals surface area contributed by atoms with Crippen molar-refractivity contribution in [3.05, 3.63) is 33.2 Å². The van der Waals surface area contributed by atoms with Crippen LogP contribution in [-0.2, 0) is 18.3 Å². The molecule has 0 amide bonds. The van der Waals surface area contributed by atoms with Crippen LogP contribution in [0.4, 0.5) is 0 Å². The van der Waals surface area contributed by atoms with Crippen molar-refractivity contribution in [1.82, 2.24) is 4.57 Å². The standard InChI is InChI=1S/C10H12ClNO3/c1-6(10(14)15)3-7-4-8(11)5-12(2)9(7)13/h4-6H,3H2,1-2H3,(H,14,15). The van der Waals surface area contributed by atoms with Gasteiger partial charge in [0.25, 0.3) is 5.56 Å². The Kier molecular flexibility index (Phi) is 3.52. The maximum atomic E-state index is 11.6. The van der Waals surface area contributed by atoms with Gasteiger partial charge in [-0.05, 0) is 12.5 Å². The predicted molar refractivity (Wildman–Crippen MR) is 57.2 cm³/mol. The number of halogens is 1. The SMILES string of the molecule is CC(Cc1cc(Cl)cn(C)c1=O)C(=O)O. The summed E-state index contributed by atoms with van der Waals surface area (Å²) in [6.07, 6.45) is 1.70. The van der Waals surface area contributed by atoms with Gasteiger partial charge in [0.15, 0.2) is 0 Å². The van der Waals surface area contributed by atoms with Crippen LogP contribution in [0.5, 0.6) is 0 Å². The molecule has 0 aromatic carbocycles. The van der Waals surface area contributed by atoms with Crippen molar-refractivity contribution < 1.29 is 9.90 Å². The summed E-state index contributed by atoms with van der Waals surface area (Å²) in [5, 5.41) is 9.17. The summed E-state index contributed by atoms with van der Waals surface area (Å²) in [6, 6.07) is 1.52. The maximum Gasteiger partial charge on any atom is 0.306 e. The molecule has 0 fully saturated rings. The van der Waals surface area contributed by atoms with Crippen molar-refractivity contribution in [3.63, 3.8) is 0 Å². The number of carboxylic acid groups (broad SMARTS) is 1. The van der Waals surface area contributed by atoms with Gasteiger partial charge in [0.1, 0.15) is 0 Å². The van der Waals surface area contributed by atoms with Gasteiger partial charge >= 0.3 is 5.97 Å². The van der Waals surface area contributed by atoms with E-state index in [1.165, 1.54) is 16.8 Å². The molecule has 1 heterocycles. The fraction of sp³-hybridized carbons (Fsp3) is 0.400. The third-order valence-corrected chi connectivity index (χ3v) is 2.38. The molecule has 0 aliphatic rings. The molecule has 82 valence electrons. The first-order chi connectivity index (χ1) is 6.91. The first-order valence-electron chi connectivity index (χ1n) is 4.49. The first-order valence-corrected chi connectivity index (χ1v) is 4.87. The average molecular weight is 230 g/mol. The molecule has 5 heteroatoms. The molecule has 0 aliphatic heterocycles. The third-order valence-electron chi connectivity index (χ3n) is 2.17. The zero-order chi connectivity index (χ0) is 11.6. The third kappa shape index (κ3) is 2.83. The predicted octanol–water partition coefficient (Wildman–Crippen LogP) is 1.30. The lowest BCUT2D eigenvalue weighted by Gasteiger charge is -2.07. The summed E-state index contributed by atoms with van der Waals surface area (Å²) in [6.45, 7) is 1.56. The van der Waals surface area contributed by atoms with Crippen LogP contribution in [0.3, 0.4) is 0 Å². The molecule has 1 N–H and O–H groups in total. The van der Waals surface area contributed by atoms with Crippen LogP contribution < -0.4 is 5.56 Å². The lowest BCUT2D eigenvalue weighted by molar-refractivity contribution is -0.141. The molecule has 0 bridgehead atoms. The lowest BCUT2D eigenvalue weighted by atomic mass is 10.0. The Morgan fingerprint density at radius 1 is 1.67 bits per heavy atom. The highest BCUT2D eigenvalue weighted by Gasteiger charge is 2.14. The largest absolute Gasteiger partial charge is 0.481 e. The minimum atomic E-state index is -0.919. The van der Waals surface area contributed by atoms with Crippen LogP contribution in [0.25, 0.3) is 0 Å². The molecule has 0 aliphatic carbocycles. The van der Waals surface area contributed by atoms with E-state index in [2.05, 4.69) is 0 Å². The van der Waals surface area contributed by atoms with Gasteiger partial charge in [0.05, 0.1) is 10.9 Å². The Bertz CT molecular complexity index is 439. The number of aryl methyl sites for hydroxylation is 1. The normalized spacial score (nSPS) is 12.5. The first kappa shape index (κ1) is 11.8. The van der Waals surface area contributed by atoms with Crippen molar-refractivity contribution in [3.8, 4) is 0 Å². The van der Waals surface area contributed by atoms with E-state index in [9.17, 15) is 9.59 Å². The van der Waals surface area contributed by atoms with Crippen molar-refractivity contribution in [1.29, 1.82) is 0 Å². The Morgan fingerprint density at radius 3 is 2.80 bits per heavy atom. The molecule has 1 aromatic rings. The number of hydrogen-bond acceptors (Lipinski definition) is 2. The van der Waals surface area contributed by atoms with Crippen molar-refractivity contribution in [2.75, 3.05) is 0 Å². The molecule has 0 saturated carbocycles. The molecular weight excluding hydrogens is 218 g/mol. The molecule has 15 heavy (non-hydrogen) atoms. The zero-order valence-corrected chi connectivity index (χ0v) is 9.28. The molecule has 0 radical (unpaired) electrons. The molecule has 0 saturated heterocycles. The second-order valence-electron chi connectivity index (χ2n) is 3.54. The number of carboxylic acids is 1. The Morgan fingerprint density at radius 2 is 2.27 bits per heavy atom. The Balaban J connectivity index is 3.05. The number of pyridine rings is 1. The quantitative estimate of drug-likeness (QED) is 0.850. The number of hydrogen-bond donors (Lipinski definition) is 1. The molecule has 1 atom stereocenters. The lowest BCUT2D eigenvalue weighted by Crippen LogP contribution is -2.24. The fourth-order valence-corrected chi connectivity index (χ4v) is 1.58. The van der Waals surface area contributed by atoms with Gasteiger partial charge in [-0.3, -0.25) is 9.59 Å². The van der Waals surface area contributed by atoms with Crippen molar-refractivity contribution >= 4 is 17.6 Å². The highest BCUT2D eigenvalue weighted by Crippen LogP contribution is 2.10. The second-order valence-corrected chi connectivity index (χ2v) is 3.98. The summed E-state index contributed by atoms with van der Waals surface area (Å²) < 4.78 is 1.35. The monoisotopic (exact) mass is 229 g/mol. The average Bonchev–Trinajstić information content (AvgIpc) is 2.13. The van der Waals surface area contributed by atoms with Crippen LogP contribution >= 0.6 is 11.6 Å². The van der Waals surface area contributed by atoms with Gasteiger partial charge in [-0.25, -0.2) is 0 Å². The number of carbonyl (C=O) groups is 1. The molecular formula is C10H12ClNO3. The van der Waals surface area contributed by atoms with Gasteiger partial charge in [0, 0.05) is 18.8 Å². The molecule has 0 spiro atoms. The van der Waals surface area contributed by atoms with Crippen LogP contribution in [0.1, 0.15) is 12.5 Å². The van der Waals surface area contributed by atoms with Gasteiger partial charge in [-0.1, -0.05) is 18.5 Å². The Labute approximate surface area is 92.1 Å². The summed E-state index contributed by atoms with van der Waals surface area (Å²) in [4.78, 5) is 22.2. The molecule has 1 unspecified atom stereocenters. The highest BCUT2D eigenvalue weighted by atomic mass is 35.5. The van der Waals surface area contributed by atoms with E-state index >= 15 is 0 Å². The van der Waals surface area contributed by atoms with Gasteiger partial charge in [-0.15, -0.1) is 0 Å². The number of rotatable bonds is 3. The smallest absolute Gasteiger partial charge is 0.306 e. The minimum absolute atomic E-state index is 0.197. The molecule has 1 aromatic heterocycles. The molecule has 1 rings (SSSR count). The summed E-state index contributed by atoms with van der Waals surface area (Å²) >= 11 is 5.78. The van der Waals surface area contributed by atoms with Gasteiger partial charge in [0.2, 0.25) is 0 Å². The number of nitrogens with zero attached hydrogens (tertiary/aromatic N) is 1. The number of aromatic nitrogens is 1. The van der Waals surface area contributed by atoms with E-state index in [1.807, 2.05) is 0 Å². The van der Waals surface area contributed by atoms with E-state index in [0.29, 0.717) is 10.6 Å². The highest BCUT2D eigenvalue weighted by molar-refractivity contribution is 6.30. The van der Waals surface area contributed by atoms with E-state index in [4.69, 9.17) is 16.7 Å².